The Balaban J connectivity index is 2.71. The van der Waals surface area contributed by atoms with E-state index in [1.807, 2.05) is 12.1 Å². The zero-order valence-electron chi connectivity index (χ0n) is 6.45. The molecule has 11 heavy (non-hydrogen) atoms. The van der Waals surface area contributed by atoms with Gasteiger partial charge in [0, 0.05) is 9.75 Å². The van der Waals surface area contributed by atoms with E-state index in [9.17, 15) is 5.11 Å². The van der Waals surface area contributed by atoms with Gasteiger partial charge in [0.05, 0.1) is 6.61 Å². The number of aliphatic hydroxyl groups is 2. The summed E-state index contributed by atoms with van der Waals surface area (Å²) in [5.41, 5.74) is 0. The van der Waals surface area contributed by atoms with E-state index in [-0.39, 0.29) is 6.61 Å². The predicted octanol–water partition coefficient (Wildman–Crippen LogP) is 1.34. The highest BCUT2D eigenvalue weighted by Gasteiger charge is 2.07. The van der Waals surface area contributed by atoms with Gasteiger partial charge < -0.3 is 10.2 Å². The van der Waals surface area contributed by atoms with Crippen molar-refractivity contribution in [1.29, 1.82) is 0 Å². The fourth-order valence-corrected chi connectivity index (χ4v) is 1.78. The van der Waals surface area contributed by atoms with Gasteiger partial charge in [-0.15, -0.1) is 11.3 Å². The van der Waals surface area contributed by atoms with Crippen LogP contribution in [0.25, 0.3) is 0 Å². The fraction of sp³-hybridized carbons (Fsp3) is 0.500. The van der Waals surface area contributed by atoms with Crippen molar-refractivity contribution in [2.45, 2.75) is 19.4 Å². The van der Waals surface area contributed by atoms with Gasteiger partial charge in [-0.05, 0) is 18.6 Å². The van der Waals surface area contributed by atoms with E-state index in [0.717, 1.165) is 11.3 Å². The molecule has 0 saturated carbocycles. The Morgan fingerprint density at radius 2 is 2.27 bits per heavy atom. The van der Waals surface area contributed by atoms with Crippen molar-refractivity contribution >= 4 is 11.3 Å². The van der Waals surface area contributed by atoms with Crippen LogP contribution in [0.2, 0.25) is 0 Å². The molecule has 1 atom stereocenters. The van der Waals surface area contributed by atoms with E-state index >= 15 is 0 Å². The van der Waals surface area contributed by atoms with Crippen LogP contribution in [0.15, 0.2) is 12.1 Å². The summed E-state index contributed by atoms with van der Waals surface area (Å²) in [6.07, 6.45) is 0.295. The molecule has 2 N–H and O–H groups in total. The Bertz CT molecular complexity index is 220. The minimum absolute atomic E-state index is 0.191. The molecule has 0 spiro atoms. The SMILES string of the molecule is CCc1ccc(C(O)CO)s1. The maximum Gasteiger partial charge on any atom is 0.111 e. The normalized spacial score (nSPS) is 13.4. The Kier molecular flexibility index (Phi) is 3.05. The minimum atomic E-state index is -0.694. The van der Waals surface area contributed by atoms with Crippen molar-refractivity contribution in [1.82, 2.24) is 0 Å². The second-order valence-electron chi connectivity index (χ2n) is 2.36. The molecule has 0 amide bonds. The molecule has 0 bridgehead atoms. The van der Waals surface area contributed by atoms with Crippen molar-refractivity contribution in [2.75, 3.05) is 6.61 Å². The molecule has 0 aliphatic carbocycles. The van der Waals surface area contributed by atoms with Crippen LogP contribution < -0.4 is 0 Å². The number of aryl methyl sites for hydroxylation is 1. The summed E-state index contributed by atoms with van der Waals surface area (Å²) < 4.78 is 0. The highest BCUT2D eigenvalue weighted by molar-refractivity contribution is 7.12. The predicted molar refractivity (Wildman–Crippen MR) is 45.7 cm³/mol. The maximum absolute atomic E-state index is 9.20. The van der Waals surface area contributed by atoms with E-state index in [1.54, 1.807) is 11.3 Å². The van der Waals surface area contributed by atoms with Crippen molar-refractivity contribution in [3.05, 3.63) is 21.9 Å². The third kappa shape index (κ3) is 2.02. The topological polar surface area (TPSA) is 40.5 Å². The van der Waals surface area contributed by atoms with Gasteiger partial charge >= 0.3 is 0 Å². The van der Waals surface area contributed by atoms with Gasteiger partial charge in [0.15, 0.2) is 0 Å². The van der Waals surface area contributed by atoms with Crippen LogP contribution in [-0.2, 0) is 6.42 Å². The van der Waals surface area contributed by atoms with Crippen LogP contribution in [0.5, 0.6) is 0 Å². The number of hydrogen-bond donors (Lipinski definition) is 2. The summed E-state index contributed by atoms with van der Waals surface area (Å²) >= 11 is 1.56. The summed E-state index contributed by atoms with van der Waals surface area (Å²) in [6.45, 7) is 1.88. The quantitative estimate of drug-likeness (QED) is 0.722. The lowest BCUT2D eigenvalue weighted by molar-refractivity contribution is 0.0984. The van der Waals surface area contributed by atoms with Crippen LogP contribution >= 0.6 is 11.3 Å². The third-order valence-electron chi connectivity index (χ3n) is 1.53. The monoisotopic (exact) mass is 172 g/mol. The molecule has 0 radical (unpaired) electrons. The molecule has 3 heteroatoms. The number of thiophene rings is 1. The van der Waals surface area contributed by atoms with Crippen molar-refractivity contribution in [3.63, 3.8) is 0 Å². The fourth-order valence-electron chi connectivity index (χ4n) is 0.854. The van der Waals surface area contributed by atoms with Gasteiger partial charge in [-0.25, -0.2) is 0 Å². The zero-order chi connectivity index (χ0) is 8.27. The highest BCUT2D eigenvalue weighted by Crippen LogP contribution is 2.22. The van der Waals surface area contributed by atoms with Gasteiger partial charge in [-0.3, -0.25) is 0 Å². The largest absolute Gasteiger partial charge is 0.393 e. The van der Waals surface area contributed by atoms with Crippen molar-refractivity contribution in [3.8, 4) is 0 Å². The first kappa shape index (κ1) is 8.71. The van der Waals surface area contributed by atoms with Crippen LogP contribution in [-0.4, -0.2) is 16.8 Å². The number of aliphatic hydroxyl groups excluding tert-OH is 2. The minimum Gasteiger partial charge on any atom is -0.393 e. The molecule has 1 unspecified atom stereocenters. The first-order chi connectivity index (χ1) is 5.27. The zero-order valence-corrected chi connectivity index (χ0v) is 7.27. The Hall–Kier alpha value is -0.380. The molecule has 1 aromatic rings. The molecule has 0 saturated heterocycles. The van der Waals surface area contributed by atoms with Crippen LogP contribution in [0, 0.1) is 0 Å². The molecular weight excluding hydrogens is 160 g/mol. The maximum atomic E-state index is 9.20. The lowest BCUT2D eigenvalue weighted by Crippen LogP contribution is -1.98. The molecular formula is C8H12O2S. The summed E-state index contributed by atoms with van der Waals surface area (Å²) in [5.74, 6) is 0. The van der Waals surface area contributed by atoms with E-state index in [1.165, 1.54) is 4.88 Å². The molecule has 0 aromatic carbocycles. The van der Waals surface area contributed by atoms with E-state index in [0.29, 0.717) is 0 Å². The highest BCUT2D eigenvalue weighted by atomic mass is 32.1. The van der Waals surface area contributed by atoms with Crippen molar-refractivity contribution in [2.24, 2.45) is 0 Å². The summed E-state index contributed by atoms with van der Waals surface area (Å²) in [7, 11) is 0. The standard InChI is InChI=1S/C8H12O2S/c1-2-6-3-4-8(11-6)7(10)5-9/h3-4,7,9-10H,2,5H2,1H3. The summed E-state index contributed by atoms with van der Waals surface area (Å²) in [4.78, 5) is 2.09. The van der Waals surface area contributed by atoms with Crippen LogP contribution in [0.3, 0.4) is 0 Å². The van der Waals surface area contributed by atoms with Gasteiger partial charge in [0.25, 0.3) is 0 Å². The van der Waals surface area contributed by atoms with E-state index in [4.69, 9.17) is 5.11 Å². The lowest BCUT2D eigenvalue weighted by Gasteiger charge is -2.01. The first-order valence-corrected chi connectivity index (χ1v) is 4.47. The molecule has 0 aliphatic rings. The second kappa shape index (κ2) is 3.85. The Morgan fingerprint density at radius 3 is 2.73 bits per heavy atom. The van der Waals surface area contributed by atoms with Crippen molar-refractivity contribution < 1.29 is 10.2 Å². The molecule has 62 valence electrons. The van der Waals surface area contributed by atoms with Crippen LogP contribution in [0.1, 0.15) is 22.8 Å². The molecule has 1 aromatic heterocycles. The lowest BCUT2D eigenvalue weighted by atomic mass is 10.3. The summed E-state index contributed by atoms with van der Waals surface area (Å²) in [6, 6.07) is 3.85. The first-order valence-electron chi connectivity index (χ1n) is 3.65. The van der Waals surface area contributed by atoms with Gasteiger partial charge in [-0.2, -0.15) is 0 Å². The summed E-state index contributed by atoms with van der Waals surface area (Å²) in [5, 5.41) is 17.8. The van der Waals surface area contributed by atoms with Gasteiger partial charge in [-0.1, -0.05) is 6.92 Å². The Morgan fingerprint density at radius 1 is 1.55 bits per heavy atom. The van der Waals surface area contributed by atoms with E-state index < -0.39 is 6.10 Å². The molecule has 1 rings (SSSR count). The van der Waals surface area contributed by atoms with E-state index in [2.05, 4.69) is 6.92 Å². The number of rotatable bonds is 3. The number of hydrogen-bond acceptors (Lipinski definition) is 3. The molecule has 0 fully saturated rings. The molecule has 2 nitrogen and oxygen atoms in total. The average molecular weight is 172 g/mol. The third-order valence-corrected chi connectivity index (χ3v) is 2.86. The molecule has 0 aliphatic heterocycles. The second-order valence-corrected chi connectivity index (χ2v) is 3.56. The molecule has 1 heterocycles. The van der Waals surface area contributed by atoms with Gasteiger partial charge in [0.1, 0.15) is 6.10 Å². The smallest absolute Gasteiger partial charge is 0.111 e. The van der Waals surface area contributed by atoms with Crippen LogP contribution in [0.4, 0.5) is 0 Å². The Labute approximate surface area is 70.1 Å². The average Bonchev–Trinajstić information content (AvgIpc) is 2.50. The van der Waals surface area contributed by atoms with Gasteiger partial charge in [0.2, 0.25) is 0 Å².